The smallest absolute Gasteiger partial charge is 0.311 e. The van der Waals surface area contributed by atoms with Crippen LogP contribution in [-0.4, -0.2) is 30.6 Å². The van der Waals surface area contributed by atoms with Crippen LogP contribution >= 0.6 is 15.9 Å². The van der Waals surface area contributed by atoms with Crippen molar-refractivity contribution in [3.63, 3.8) is 0 Å². The first-order chi connectivity index (χ1) is 16.1. The Labute approximate surface area is 203 Å². The summed E-state index contributed by atoms with van der Waals surface area (Å²) >= 11 is 3.65. The number of benzene rings is 3. The van der Waals surface area contributed by atoms with Crippen LogP contribution in [0.5, 0.6) is 5.75 Å². The zero-order valence-corrected chi connectivity index (χ0v) is 20.5. The van der Waals surface area contributed by atoms with Gasteiger partial charge in [-0.25, -0.2) is 0 Å². The molecule has 2 aliphatic rings. The molecule has 4 nitrogen and oxygen atoms in total. The Balaban J connectivity index is 1.62. The summed E-state index contributed by atoms with van der Waals surface area (Å²) in [5.41, 5.74) is 5.03. The molecule has 5 heteroatoms. The van der Waals surface area contributed by atoms with Crippen molar-refractivity contribution in [3.05, 3.63) is 99.5 Å². The van der Waals surface area contributed by atoms with Gasteiger partial charge in [0.05, 0.1) is 19.6 Å². The van der Waals surface area contributed by atoms with Gasteiger partial charge in [-0.15, -0.1) is 0 Å². The minimum absolute atomic E-state index is 0.0379. The molecule has 0 spiro atoms. The molecule has 0 saturated carbocycles. The molecule has 3 aromatic rings. The van der Waals surface area contributed by atoms with Crippen LogP contribution < -0.4 is 4.74 Å². The highest BCUT2D eigenvalue weighted by Crippen LogP contribution is 2.56. The lowest BCUT2D eigenvalue weighted by atomic mass is 9.81. The Hall–Kier alpha value is -2.63. The second-order valence-electron chi connectivity index (χ2n) is 8.79. The molecule has 0 aromatic heterocycles. The Kier molecular flexibility index (Phi) is 6.26. The zero-order chi connectivity index (χ0) is 22.9. The van der Waals surface area contributed by atoms with Crippen molar-refractivity contribution < 1.29 is 14.3 Å². The van der Waals surface area contributed by atoms with E-state index < -0.39 is 0 Å². The van der Waals surface area contributed by atoms with Gasteiger partial charge in [0.2, 0.25) is 0 Å². The van der Waals surface area contributed by atoms with Gasteiger partial charge in [0.15, 0.2) is 0 Å². The maximum Gasteiger partial charge on any atom is 0.311 e. The van der Waals surface area contributed by atoms with Gasteiger partial charge in [0.25, 0.3) is 0 Å². The van der Waals surface area contributed by atoms with Crippen LogP contribution in [0.25, 0.3) is 0 Å². The Morgan fingerprint density at radius 2 is 1.82 bits per heavy atom. The van der Waals surface area contributed by atoms with Gasteiger partial charge in [-0.2, -0.15) is 0 Å². The van der Waals surface area contributed by atoms with Crippen LogP contribution in [0.4, 0.5) is 0 Å². The fourth-order valence-electron chi connectivity index (χ4n) is 5.70. The number of rotatable bonds is 6. The van der Waals surface area contributed by atoms with Crippen molar-refractivity contribution in [3.8, 4) is 5.75 Å². The number of methoxy groups -OCH3 is 1. The summed E-state index contributed by atoms with van der Waals surface area (Å²) in [6.45, 7) is 3.05. The number of fused-ring (bicyclic) bond motifs is 4. The molecule has 2 bridgehead atoms. The average Bonchev–Trinajstić information content (AvgIpc) is 3.05. The molecule has 0 radical (unpaired) electrons. The predicted molar refractivity (Wildman–Crippen MR) is 132 cm³/mol. The van der Waals surface area contributed by atoms with Gasteiger partial charge in [0.1, 0.15) is 5.75 Å². The number of esters is 1. The lowest BCUT2D eigenvalue weighted by molar-refractivity contribution is -0.149. The van der Waals surface area contributed by atoms with Crippen molar-refractivity contribution in [1.82, 2.24) is 4.90 Å². The molecule has 1 fully saturated rings. The van der Waals surface area contributed by atoms with Crippen molar-refractivity contribution in [2.75, 3.05) is 13.7 Å². The first-order valence-corrected chi connectivity index (χ1v) is 12.3. The monoisotopic (exact) mass is 505 g/mol. The highest BCUT2D eigenvalue weighted by atomic mass is 79.9. The molecule has 2 heterocycles. The van der Waals surface area contributed by atoms with Crippen molar-refractivity contribution in [1.29, 1.82) is 0 Å². The summed E-state index contributed by atoms with van der Waals surface area (Å²) in [5, 5.41) is 0. The van der Waals surface area contributed by atoms with E-state index in [9.17, 15) is 4.79 Å². The second kappa shape index (κ2) is 9.32. The maximum absolute atomic E-state index is 13.4. The lowest BCUT2D eigenvalue weighted by Gasteiger charge is -2.38. The fourth-order valence-corrected chi connectivity index (χ4v) is 6.11. The van der Waals surface area contributed by atoms with E-state index in [4.69, 9.17) is 9.47 Å². The fraction of sp³-hybridized carbons (Fsp3) is 0.321. The Bertz CT molecular complexity index is 1130. The molecular weight excluding hydrogens is 478 g/mol. The van der Waals surface area contributed by atoms with E-state index >= 15 is 0 Å². The van der Waals surface area contributed by atoms with E-state index in [0.717, 1.165) is 23.2 Å². The minimum Gasteiger partial charge on any atom is -0.497 e. The normalized spacial score (nSPS) is 23.7. The van der Waals surface area contributed by atoms with Crippen LogP contribution in [-0.2, 0) is 22.5 Å². The third-order valence-corrected chi connectivity index (χ3v) is 7.54. The van der Waals surface area contributed by atoms with Gasteiger partial charge in [-0.3, -0.25) is 9.69 Å². The molecule has 0 N–H and O–H groups in total. The van der Waals surface area contributed by atoms with Crippen LogP contribution in [0.2, 0.25) is 0 Å². The van der Waals surface area contributed by atoms with Crippen LogP contribution in [0, 0.1) is 5.92 Å². The number of hydrogen-bond acceptors (Lipinski definition) is 4. The zero-order valence-electron chi connectivity index (χ0n) is 18.9. The molecule has 1 saturated heterocycles. The Morgan fingerprint density at radius 1 is 1.06 bits per heavy atom. The van der Waals surface area contributed by atoms with Gasteiger partial charge in [-0.1, -0.05) is 64.5 Å². The van der Waals surface area contributed by atoms with Crippen LogP contribution in [0.3, 0.4) is 0 Å². The number of nitrogens with zero attached hydrogens (tertiary/aromatic N) is 1. The number of hydrogen-bond donors (Lipinski definition) is 0. The van der Waals surface area contributed by atoms with E-state index in [1.54, 1.807) is 7.11 Å². The standard InChI is InChI=1S/C28H28BrNO3/c1-3-33-28(31)26-24-16-20-15-21(29)11-14-23(20)27(25(26)19-7-5-4-6-8-19)30(24)17-18-9-12-22(32-2)13-10-18/h4-15,24-27H,3,16-17H2,1-2H3. The summed E-state index contributed by atoms with van der Waals surface area (Å²) in [6.07, 6.45) is 0.828. The first kappa shape index (κ1) is 22.2. The lowest BCUT2D eigenvalue weighted by Crippen LogP contribution is -2.41. The van der Waals surface area contributed by atoms with Crippen LogP contribution in [0.1, 0.15) is 41.1 Å². The molecule has 0 aliphatic carbocycles. The quantitative estimate of drug-likeness (QED) is 0.390. The molecule has 4 atom stereocenters. The number of carbonyl (C=O) groups excluding carboxylic acids is 1. The molecule has 170 valence electrons. The van der Waals surface area contributed by atoms with Gasteiger partial charge < -0.3 is 9.47 Å². The van der Waals surface area contributed by atoms with E-state index in [0.29, 0.717) is 6.61 Å². The van der Waals surface area contributed by atoms with E-state index in [2.05, 4.69) is 75.4 Å². The highest BCUT2D eigenvalue weighted by Gasteiger charge is 2.56. The second-order valence-corrected chi connectivity index (χ2v) is 9.71. The summed E-state index contributed by atoms with van der Waals surface area (Å²) in [6, 6.07) is 25.4. The third-order valence-electron chi connectivity index (χ3n) is 7.05. The average molecular weight is 506 g/mol. The molecular formula is C28H28BrNO3. The number of ether oxygens (including phenoxy) is 2. The SMILES string of the molecule is CCOC(=O)C1C(c2ccccc2)C2c3ccc(Br)cc3CC1N2Cc1ccc(OC)cc1. The van der Waals surface area contributed by atoms with Gasteiger partial charge >= 0.3 is 5.97 Å². The third kappa shape index (κ3) is 4.09. The predicted octanol–water partition coefficient (Wildman–Crippen LogP) is 5.90. The van der Waals surface area contributed by atoms with E-state index in [1.165, 1.54) is 22.3 Å². The summed E-state index contributed by atoms with van der Waals surface area (Å²) in [5.74, 6) is 0.574. The Morgan fingerprint density at radius 3 is 2.52 bits per heavy atom. The minimum atomic E-state index is -0.221. The topological polar surface area (TPSA) is 38.8 Å². The summed E-state index contributed by atoms with van der Waals surface area (Å²) in [4.78, 5) is 15.9. The van der Waals surface area contributed by atoms with E-state index in [1.807, 2.05) is 25.1 Å². The molecule has 5 rings (SSSR count). The molecule has 33 heavy (non-hydrogen) atoms. The highest BCUT2D eigenvalue weighted by molar-refractivity contribution is 9.10. The number of halogens is 1. The first-order valence-electron chi connectivity index (χ1n) is 11.5. The van der Waals surface area contributed by atoms with Crippen molar-refractivity contribution in [2.24, 2.45) is 5.92 Å². The van der Waals surface area contributed by atoms with Gasteiger partial charge in [0, 0.05) is 29.0 Å². The number of carbonyl (C=O) groups is 1. The summed E-state index contributed by atoms with van der Waals surface area (Å²) in [7, 11) is 1.68. The van der Waals surface area contributed by atoms with Crippen LogP contribution in [0.15, 0.2) is 77.3 Å². The largest absolute Gasteiger partial charge is 0.497 e. The summed E-state index contributed by atoms with van der Waals surface area (Å²) < 4.78 is 12.1. The molecule has 2 aliphatic heterocycles. The van der Waals surface area contributed by atoms with Crippen molar-refractivity contribution in [2.45, 2.75) is 37.9 Å². The molecule has 0 amide bonds. The maximum atomic E-state index is 13.4. The van der Waals surface area contributed by atoms with Crippen molar-refractivity contribution >= 4 is 21.9 Å². The van der Waals surface area contributed by atoms with Gasteiger partial charge in [-0.05, 0) is 59.9 Å². The van der Waals surface area contributed by atoms with E-state index in [-0.39, 0.29) is 29.9 Å². The molecule has 3 aromatic carbocycles. The molecule has 4 unspecified atom stereocenters.